The van der Waals surface area contributed by atoms with E-state index in [2.05, 4.69) is 15.9 Å². The highest BCUT2D eigenvalue weighted by Gasteiger charge is 2.12. The molecule has 2 aromatic rings. The van der Waals surface area contributed by atoms with Gasteiger partial charge in [0.05, 0.1) is 10.5 Å². The van der Waals surface area contributed by atoms with Crippen LogP contribution in [0.3, 0.4) is 0 Å². The van der Waals surface area contributed by atoms with Crippen molar-refractivity contribution in [1.29, 1.82) is 0 Å². The van der Waals surface area contributed by atoms with Crippen LogP contribution in [0.15, 0.2) is 30.4 Å². The molecule has 0 saturated carbocycles. The van der Waals surface area contributed by atoms with Gasteiger partial charge < -0.3 is 13.7 Å². The number of anilines is 1. The van der Waals surface area contributed by atoms with Gasteiger partial charge in [0, 0.05) is 14.1 Å². The maximum atomic E-state index is 11.5. The molecule has 0 spiro atoms. The lowest BCUT2D eigenvalue weighted by Gasteiger charge is -2.09. The van der Waals surface area contributed by atoms with Crippen molar-refractivity contribution in [3.63, 3.8) is 0 Å². The molecular weight excluding hydrogens is 250 g/mol. The van der Waals surface area contributed by atoms with E-state index in [1.165, 1.54) is 12.3 Å². The maximum absolute atomic E-state index is 11.5. The molecule has 0 unspecified atom stereocenters. The van der Waals surface area contributed by atoms with Crippen LogP contribution in [0.1, 0.15) is 0 Å². The van der Waals surface area contributed by atoms with Crippen molar-refractivity contribution in [1.82, 2.24) is 0 Å². The van der Waals surface area contributed by atoms with Crippen LogP contribution in [0.2, 0.25) is 0 Å². The molecule has 14 heavy (non-hydrogen) atoms. The lowest BCUT2D eigenvalue weighted by atomic mass is 10.4. The quantitative estimate of drug-likeness (QED) is 0.786. The second kappa shape index (κ2) is 3.16. The zero-order valence-corrected chi connectivity index (χ0v) is 9.29. The van der Waals surface area contributed by atoms with E-state index in [9.17, 15) is 4.79 Å². The van der Waals surface area contributed by atoms with Crippen molar-refractivity contribution >= 4 is 33.0 Å². The second-order valence-corrected chi connectivity index (χ2v) is 3.94. The van der Waals surface area contributed by atoms with E-state index < -0.39 is 0 Å². The molecule has 5 heteroatoms. The molecule has 0 aliphatic carbocycles. The van der Waals surface area contributed by atoms with Gasteiger partial charge in [-0.05, 0) is 15.9 Å². The van der Waals surface area contributed by atoms with Gasteiger partial charge in [-0.3, -0.25) is 4.79 Å². The largest absolute Gasteiger partial charge is 0.456 e. The zero-order chi connectivity index (χ0) is 10.3. The van der Waals surface area contributed by atoms with Crippen molar-refractivity contribution in [2.45, 2.75) is 0 Å². The van der Waals surface area contributed by atoms with E-state index in [0.29, 0.717) is 15.9 Å². The molecular formula is C9H8BrNO3. The molecule has 0 aliphatic rings. The van der Waals surface area contributed by atoms with Gasteiger partial charge in [0.2, 0.25) is 11.0 Å². The molecule has 4 nitrogen and oxygen atoms in total. The minimum atomic E-state index is -0.180. The first-order chi connectivity index (χ1) is 6.59. The molecule has 0 atom stereocenters. The van der Waals surface area contributed by atoms with Gasteiger partial charge in [0.15, 0.2) is 11.5 Å². The summed E-state index contributed by atoms with van der Waals surface area (Å²) in [5.74, 6) is 0.504. The highest BCUT2D eigenvalue weighted by Crippen LogP contribution is 2.26. The van der Waals surface area contributed by atoms with Crippen molar-refractivity contribution in [2.75, 3.05) is 19.0 Å². The molecule has 2 heterocycles. The minimum Gasteiger partial charge on any atom is -0.456 e. The van der Waals surface area contributed by atoms with Gasteiger partial charge in [-0.1, -0.05) is 0 Å². The van der Waals surface area contributed by atoms with Gasteiger partial charge >= 0.3 is 0 Å². The van der Waals surface area contributed by atoms with Crippen LogP contribution in [-0.2, 0) is 0 Å². The smallest absolute Gasteiger partial charge is 0.230 e. The number of hydrogen-bond acceptors (Lipinski definition) is 4. The first kappa shape index (κ1) is 9.33. The average Bonchev–Trinajstić information content (AvgIpc) is 2.48. The summed E-state index contributed by atoms with van der Waals surface area (Å²) in [7, 11) is 3.61. The standard InChI is InChI=1S/C9H8BrNO3/c1-11(2)7-3-6(12)9-8(14-7)5(10)4-13-9/h3-4H,1-2H3. The maximum Gasteiger partial charge on any atom is 0.230 e. The van der Waals surface area contributed by atoms with Gasteiger partial charge in [0.25, 0.3) is 0 Å². The van der Waals surface area contributed by atoms with Crippen LogP contribution in [0.5, 0.6) is 0 Å². The molecule has 0 fully saturated rings. The summed E-state index contributed by atoms with van der Waals surface area (Å²) in [6.45, 7) is 0. The van der Waals surface area contributed by atoms with Gasteiger partial charge in [-0.2, -0.15) is 0 Å². The minimum absolute atomic E-state index is 0.180. The van der Waals surface area contributed by atoms with E-state index in [4.69, 9.17) is 8.83 Å². The molecule has 74 valence electrons. The predicted molar refractivity (Wildman–Crippen MR) is 56.8 cm³/mol. The number of halogens is 1. The van der Waals surface area contributed by atoms with E-state index in [0.717, 1.165) is 0 Å². The summed E-state index contributed by atoms with van der Waals surface area (Å²) in [6.07, 6.45) is 1.44. The molecule has 0 bridgehead atoms. The first-order valence-electron chi connectivity index (χ1n) is 3.98. The van der Waals surface area contributed by atoms with Crippen molar-refractivity contribution in [2.24, 2.45) is 0 Å². The average molecular weight is 258 g/mol. The van der Waals surface area contributed by atoms with Crippen LogP contribution in [0.4, 0.5) is 5.88 Å². The van der Waals surface area contributed by atoms with Gasteiger partial charge in [-0.15, -0.1) is 0 Å². The molecule has 2 rings (SSSR count). The van der Waals surface area contributed by atoms with E-state index in [1.54, 1.807) is 19.0 Å². The summed E-state index contributed by atoms with van der Waals surface area (Å²) in [4.78, 5) is 13.2. The number of rotatable bonds is 1. The molecule has 2 aromatic heterocycles. The molecule has 0 saturated heterocycles. The molecule has 0 aliphatic heterocycles. The highest BCUT2D eigenvalue weighted by molar-refractivity contribution is 9.10. The summed E-state index contributed by atoms with van der Waals surface area (Å²) >= 11 is 3.24. The third-order valence-electron chi connectivity index (χ3n) is 1.83. The lowest BCUT2D eigenvalue weighted by molar-refractivity contribution is 0.576. The van der Waals surface area contributed by atoms with Crippen LogP contribution in [-0.4, -0.2) is 14.1 Å². The third-order valence-corrected chi connectivity index (χ3v) is 2.38. The van der Waals surface area contributed by atoms with Gasteiger partial charge in [-0.25, -0.2) is 0 Å². The summed E-state index contributed by atoms with van der Waals surface area (Å²) in [6, 6.07) is 1.40. The third kappa shape index (κ3) is 1.33. The monoisotopic (exact) mass is 257 g/mol. The zero-order valence-electron chi connectivity index (χ0n) is 7.70. The fourth-order valence-corrected chi connectivity index (χ4v) is 1.48. The van der Waals surface area contributed by atoms with Crippen LogP contribution in [0, 0.1) is 0 Å². The second-order valence-electron chi connectivity index (χ2n) is 3.09. The molecule has 0 N–H and O–H groups in total. The van der Waals surface area contributed by atoms with E-state index in [-0.39, 0.29) is 11.0 Å². The van der Waals surface area contributed by atoms with E-state index >= 15 is 0 Å². The Bertz CT molecular complexity index is 526. The Kier molecular flexibility index (Phi) is 2.11. The Morgan fingerprint density at radius 3 is 2.71 bits per heavy atom. The molecule has 0 amide bonds. The normalized spacial score (nSPS) is 10.8. The van der Waals surface area contributed by atoms with Crippen molar-refractivity contribution in [3.05, 3.63) is 27.0 Å². The van der Waals surface area contributed by atoms with Crippen molar-refractivity contribution in [3.8, 4) is 0 Å². The Labute approximate surface area is 88.2 Å². The fourth-order valence-electron chi connectivity index (χ4n) is 1.12. The van der Waals surface area contributed by atoms with Crippen LogP contribution < -0.4 is 10.3 Å². The van der Waals surface area contributed by atoms with Crippen LogP contribution >= 0.6 is 15.9 Å². The van der Waals surface area contributed by atoms with Gasteiger partial charge in [0.1, 0.15) is 6.26 Å². The Balaban J connectivity index is 2.82. The number of nitrogens with zero attached hydrogens (tertiary/aromatic N) is 1. The topological polar surface area (TPSA) is 46.6 Å². The molecule has 0 aromatic carbocycles. The predicted octanol–water partition coefficient (Wildman–Crippen LogP) is 2.21. The lowest BCUT2D eigenvalue weighted by Crippen LogP contribution is -2.11. The Hall–Kier alpha value is -1.23. The summed E-state index contributed by atoms with van der Waals surface area (Å²) < 4.78 is 11.1. The molecule has 0 radical (unpaired) electrons. The first-order valence-corrected chi connectivity index (χ1v) is 4.77. The number of hydrogen-bond donors (Lipinski definition) is 0. The fraction of sp³-hybridized carbons (Fsp3) is 0.222. The summed E-state index contributed by atoms with van der Waals surface area (Å²) in [5.41, 5.74) is 0.504. The van der Waals surface area contributed by atoms with E-state index in [1.807, 2.05) is 0 Å². The number of furan rings is 1. The van der Waals surface area contributed by atoms with Crippen molar-refractivity contribution < 1.29 is 8.83 Å². The number of fused-ring (bicyclic) bond motifs is 1. The highest BCUT2D eigenvalue weighted by atomic mass is 79.9. The Morgan fingerprint density at radius 2 is 2.07 bits per heavy atom. The Morgan fingerprint density at radius 1 is 1.36 bits per heavy atom. The SMILES string of the molecule is CN(C)c1cc(=O)c2occ(Br)c2o1. The summed E-state index contributed by atoms with van der Waals surface area (Å²) in [5, 5.41) is 0. The van der Waals surface area contributed by atoms with Crippen LogP contribution in [0.25, 0.3) is 11.2 Å².